The third-order valence-electron chi connectivity index (χ3n) is 1.98. The SMILES string of the molecule is CCCOc1ccc(Nc2nnc(Br)s2)cc1. The van der Waals surface area contributed by atoms with Crippen LogP contribution in [0.1, 0.15) is 13.3 Å². The first-order valence-electron chi connectivity index (χ1n) is 5.27. The monoisotopic (exact) mass is 313 g/mol. The molecule has 6 heteroatoms. The van der Waals surface area contributed by atoms with Crippen LogP contribution in [-0.4, -0.2) is 16.8 Å². The Morgan fingerprint density at radius 2 is 2.06 bits per heavy atom. The number of ether oxygens (including phenoxy) is 1. The van der Waals surface area contributed by atoms with Crippen molar-refractivity contribution in [3.05, 3.63) is 28.2 Å². The smallest absolute Gasteiger partial charge is 0.210 e. The first-order valence-corrected chi connectivity index (χ1v) is 6.88. The summed E-state index contributed by atoms with van der Waals surface area (Å²) in [4.78, 5) is 0. The van der Waals surface area contributed by atoms with Crippen molar-refractivity contribution < 1.29 is 4.74 Å². The average Bonchev–Trinajstić information content (AvgIpc) is 2.74. The number of benzene rings is 1. The molecule has 1 heterocycles. The molecule has 0 spiro atoms. The Bertz CT molecular complexity index is 472. The van der Waals surface area contributed by atoms with Crippen LogP contribution in [0, 0.1) is 0 Å². The maximum atomic E-state index is 5.50. The molecule has 1 aromatic heterocycles. The van der Waals surface area contributed by atoms with Crippen molar-refractivity contribution in [2.45, 2.75) is 13.3 Å². The Morgan fingerprint density at radius 1 is 1.29 bits per heavy atom. The molecule has 1 aromatic carbocycles. The molecule has 0 fully saturated rings. The molecular weight excluding hydrogens is 302 g/mol. The number of halogens is 1. The number of rotatable bonds is 5. The quantitative estimate of drug-likeness (QED) is 0.911. The van der Waals surface area contributed by atoms with Crippen LogP contribution in [0.3, 0.4) is 0 Å². The van der Waals surface area contributed by atoms with Crippen LogP contribution >= 0.6 is 27.3 Å². The van der Waals surface area contributed by atoms with Gasteiger partial charge in [-0.1, -0.05) is 18.3 Å². The molecule has 0 aliphatic rings. The lowest BCUT2D eigenvalue weighted by molar-refractivity contribution is 0.317. The lowest BCUT2D eigenvalue weighted by Crippen LogP contribution is -1.95. The van der Waals surface area contributed by atoms with E-state index < -0.39 is 0 Å². The van der Waals surface area contributed by atoms with Gasteiger partial charge in [-0.25, -0.2) is 0 Å². The molecule has 2 rings (SSSR count). The van der Waals surface area contributed by atoms with Gasteiger partial charge in [0.2, 0.25) is 5.13 Å². The molecule has 1 N–H and O–H groups in total. The van der Waals surface area contributed by atoms with Gasteiger partial charge in [-0.05, 0) is 46.6 Å². The molecule has 4 nitrogen and oxygen atoms in total. The van der Waals surface area contributed by atoms with Gasteiger partial charge in [-0.15, -0.1) is 10.2 Å². The van der Waals surface area contributed by atoms with Crippen LogP contribution < -0.4 is 10.1 Å². The highest BCUT2D eigenvalue weighted by Gasteiger charge is 2.01. The van der Waals surface area contributed by atoms with Gasteiger partial charge in [0.1, 0.15) is 5.75 Å². The van der Waals surface area contributed by atoms with Crippen LogP contribution in [0.2, 0.25) is 0 Å². The van der Waals surface area contributed by atoms with Crippen LogP contribution in [0.5, 0.6) is 5.75 Å². The third kappa shape index (κ3) is 3.67. The number of aromatic nitrogens is 2. The van der Waals surface area contributed by atoms with E-state index in [0.717, 1.165) is 33.5 Å². The van der Waals surface area contributed by atoms with Crippen molar-refractivity contribution in [2.24, 2.45) is 0 Å². The van der Waals surface area contributed by atoms with Crippen LogP contribution in [0.4, 0.5) is 10.8 Å². The van der Waals surface area contributed by atoms with Gasteiger partial charge >= 0.3 is 0 Å². The van der Waals surface area contributed by atoms with E-state index in [1.165, 1.54) is 11.3 Å². The van der Waals surface area contributed by atoms with Gasteiger partial charge in [0.15, 0.2) is 3.92 Å². The molecule has 0 saturated heterocycles. The van der Waals surface area contributed by atoms with Crippen molar-refractivity contribution in [3.63, 3.8) is 0 Å². The second kappa shape index (κ2) is 5.97. The number of hydrogen-bond donors (Lipinski definition) is 1. The first-order chi connectivity index (χ1) is 8.28. The van der Waals surface area contributed by atoms with Crippen molar-refractivity contribution in [1.82, 2.24) is 10.2 Å². The summed E-state index contributed by atoms with van der Waals surface area (Å²) in [6, 6.07) is 7.79. The van der Waals surface area contributed by atoms with E-state index in [4.69, 9.17) is 4.74 Å². The van der Waals surface area contributed by atoms with Gasteiger partial charge in [0.25, 0.3) is 0 Å². The van der Waals surface area contributed by atoms with Crippen LogP contribution in [0.25, 0.3) is 0 Å². The summed E-state index contributed by atoms with van der Waals surface area (Å²) in [6.45, 7) is 2.83. The van der Waals surface area contributed by atoms with E-state index in [1.807, 2.05) is 24.3 Å². The fraction of sp³-hybridized carbons (Fsp3) is 0.273. The van der Waals surface area contributed by atoms with E-state index in [0.29, 0.717) is 0 Å². The Kier molecular flexibility index (Phi) is 4.33. The summed E-state index contributed by atoms with van der Waals surface area (Å²) < 4.78 is 6.27. The largest absolute Gasteiger partial charge is 0.494 e. The molecule has 90 valence electrons. The highest BCUT2D eigenvalue weighted by molar-refractivity contribution is 9.11. The molecule has 0 atom stereocenters. The first kappa shape index (κ1) is 12.3. The molecule has 0 unspecified atom stereocenters. The Balaban J connectivity index is 1.98. The van der Waals surface area contributed by atoms with Crippen molar-refractivity contribution in [1.29, 1.82) is 0 Å². The van der Waals surface area contributed by atoms with E-state index in [2.05, 4.69) is 38.4 Å². The van der Waals surface area contributed by atoms with Crippen molar-refractivity contribution >= 4 is 38.1 Å². The maximum absolute atomic E-state index is 5.50. The maximum Gasteiger partial charge on any atom is 0.210 e. The molecule has 2 aromatic rings. The van der Waals surface area contributed by atoms with Gasteiger partial charge in [0.05, 0.1) is 6.61 Å². The predicted molar refractivity (Wildman–Crippen MR) is 73.1 cm³/mol. The highest BCUT2D eigenvalue weighted by Crippen LogP contribution is 2.25. The number of nitrogens with zero attached hydrogens (tertiary/aromatic N) is 2. The van der Waals surface area contributed by atoms with Gasteiger partial charge in [-0.3, -0.25) is 0 Å². The van der Waals surface area contributed by atoms with Crippen LogP contribution in [0.15, 0.2) is 28.2 Å². The lowest BCUT2D eigenvalue weighted by atomic mass is 10.3. The molecule has 0 radical (unpaired) electrons. The highest BCUT2D eigenvalue weighted by atomic mass is 79.9. The minimum Gasteiger partial charge on any atom is -0.494 e. The normalized spacial score (nSPS) is 10.2. The van der Waals surface area contributed by atoms with Gasteiger partial charge in [0, 0.05) is 5.69 Å². The van der Waals surface area contributed by atoms with E-state index in [-0.39, 0.29) is 0 Å². The molecule has 0 amide bonds. The van der Waals surface area contributed by atoms with Crippen molar-refractivity contribution in [3.8, 4) is 5.75 Å². The fourth-order valence-corrected chi connectivity index (χ4v) is 2.26. The molecule has 17 heavy (non-hydrogen) atoms. The average molecular weight is 314 g/mol. The summed E-state index contributed by atoms with van der Waals surface area (Å²) in [5.41, 5.74) is 0.970. The van der Waals surface area contributed by atoms with Gasteiger partial charge in [-0.2, -0.15) is 0 Å². The van der Waals surface area contributed by atoms with Crippen LogP contribution in [-0.2, 0) is 0 Å². The van der Waals surface area contributed by atoms with E-state index in [9.17, 15) is 0 Å². The zero-order valence-corrected chi connectivity index (χ0v) is 11.7. The zero-order chi connectivity index (χ0) is 12.1. The summed E-state index contributed by atoms with van der Waals surface area (Å²) in [5, 5.41) is 11.8. The summed E-state index contributed by atoms with van der Waals surface area (Å²) >= 11 is 4.72. The molecular formula is C11H12BrN3OS. The topological polar surface area (TPSA) is 47.0 Å². The molecule has 0 aliphatic heterocycles. The summed E-state index contributed by atoms with van der Waals surface area (Å²) in [7, 11) is 0. The summed E-state index contributed by atoms with van der Waals surface area (Å²) in [5.74, 6) is 0.885. The molecule has 0 aliphatic carbocycles. The molecule has 0 saturated carbocycles. The minimum absolute atomic E-state index is 0.746. The second-order valence-corrected chi connectivity index (χ2v) is 5.61. The summed E-state index contributed by atoms with van der Waals surface area (Å²) in [6.07, 6.45) is 1.01. The van der Waals surface area contributed by atoms with Crippen molar-refractivity contribution in [2.75, 3.05) is 11.9 Å². The second-order valence-electron chi connectivity index (χ2n) is 3.36. The van der Waals surface area contributed by atoms with Gasteiger partial charge < -0.3 is 10.1 Å². The zero-order valence-electron chi connectivity index (χ0n) is 9.31. The predicted octanol–water partition coefficient (Wildman–Crippen LogP) is 3.83. The Labute approximate surface area is 112 Å². The number of nitrogens with one attached hydrogen (secondary N) is 1. The Hall–Kier alpha value is -1.14. The lowest BCUT2D eigenvalue weighted by Gasteiger charge is -2.06. The minimum atomic E-state index is 0.746. The fourth-order valence-electron chi connectivity index (χ4n) is 1.23. The third-order valence-corrected chi connectivity index (χ3v) is 3.25. The number of anilines is 2. The van der Waals surface area contributed by atoms with E-state index >= 15 is 0 Å². The number of hydrogen-bond acceptors (Lipinski definition) is 5. The van der Waals surface area contributed by atoms with E-state index in [1.54, 1.807) is 0 Å². The molecule has 0 bridgehead atoms. The Morgan fingerprint density at radius 3 is 2.65 bits per heavy atom. The standard InChI is InChI=1S/C11H12BrN3OS/c1-2-7-16-9-5-3-8(4-6-9)13-11-15-14-10(12)17-11/h3-6H,2,7H2,1H3,(H,13,15).